The first-order valence-corrected chi connectivity index (χ1v) is 3.80. The van der Waals surface area contributed by atoms with Crippen LogP contribution in [0.25, 0.3) is 0 Å². The van der Waals surface area contributed by atoms with Crippen molar-refractivity contribution in [3.63, 3.8) is 0 Å². The molecule has 1 radical (unpaired) electrons. The zero-order valence-electron chi connectivity index (χ0n) is 6.65. The van der Waals surface area contributed by atoms with Crippen molar-refractivity contribution < 1.29 is 4.74 Å². The Bertz CT molecular complexity index is 108. The molecule has 0 spiro atoms. The first-order chi connectivity index (χ1) is 4.91. The largest absolute Gasteiger partial charge is 0.447 e. The highest BCUT2D eigenvalue weighted by Crippen LogP contribution is 1.97. The van der Waals surface area contributed by atoms with Crippen LogP contribution in [-0.4, -0.2) is 6.61 Å². The summed E-state index contributed by atoms with van der Waals surface area (Å²) in [4.78, 5) is 0. The maximum atomic E-state index is 4.91. The van der Waals surface area contributed by atoms with E-state index in [0.717, 1.165) is 13.0 Å². The molecule has 0 bridgehead atoms. The molecule has 0 atom stereocenters. The number of rotatable bonds is 5. The minimum absolute atomic E-state index is 0.753. The summed E-state index contributed by atoms with van der Waals surface area (Å²) in [6.07, 6.45) is 7.38. The van der Waals surface area contributed by atoms with Gasteiger partial charge in [0, 0.05) is 6.92 Å². The second-order valence-corrected chi connectivity index (χ2v) is 2.19. The molecule has 0 saturated carbocycles. The Morgan fingerprint density at radius 2 is 2.10 bits per heavy atom. The molecule has 0 aromatic carbocycles. The number of unbranched alkanes of at least 4 members (excludes halogenated alkanes) is 3. The zero-order valence-corrected chi connectivity index (χ0v) is 6.65. The Morgan fingerprint density at radius 3 is 2.70 bits per heavy atom. The molecule has 0 aliphatic rings. The van der Waals surface area contributed by atoms with E-state index in [1.807, 2.05) is 0 Å². The van der Waals surface area contributed by atoms with Crippen molar-refractivity contribution in [3.8, 4) is 12.0 Å². The van der Waals surface area contributed by atoms with Gasteiger partial charge < -0.3 is 4.74 Å². The fraction of sp³-hybridized carbons (Fsp3) is 0.667. The van der Waals surface area contributed by atoms with Crippen LogP contribution >= 0.6 is 0 Å². The molecule has 1 heteroatoms. The van der Waals surface area contributed by atoms with Gasteiger partial charge in [0.25, 0.3) is 0 Å². The summed E-state index contributed by atoms with van der Waals surface area (Å²) in [6.45, 7) is 6.28. The Kier molecular flexibility index (Phi) is 7.82. The lowest BCUT2D eigenvalue weighted by molar-refractivity contribution is 0.267. The van der Waals surface area contributed by atoms with Crippen LogP contribution in [-0.2, 0) is 4.74 Å². The van der Waals surface area contributed by atoms with Crippen LogP contribution in [0.4, 0.5) is 0 Å². The van der Waals surface area contributed by atoms with Crippen molar-refractivity contribution >= 4 is 0 Å². The normalized spacial score (nSPS) is 8.20. The van der Waals surface area contributed by atoms with Crippen LogP contribution in [0.3, 0.4) is 0 Å². The molecule has 57 valence electrons. The Morgan fingerprint density at radius 1 is 1.30 bits per heavy atom. The average Bonchev–Trinajstić information content (AvgIpc) is 1.97. The smallest absolute Gasteiger partial charge is 0.110 e. The minimum atomic E-state index is 0.753. The topological polar surface area (TPSA) is 9.23 Å². The van der Waals surface area contributed by atoms with Crippen LogP contribution < -0.4 is 0 Å². The first-order valence-electron chi connectivity index (χ1n) is 3.80. The molecule has 0 rings (SSSR count). The van der Waals surface area contributed by atoms with Crippen LogP contribution in [0, 0.1) is 19.0 Å². The minimum Gasteiger partial charge on any atom is -0.447 e. The summed E-state index contributed by atoms with van der Waals surface area (Å²) in [5.74, 6) is 2.44. The fourth-order valence-corrected chi connectivity index (χ4v) is 0.703. The van der Waals surface area contributed by atoms with Crippen molar-refractivity contribution in [1.29, 1.82) is 0 Å². The zero-order chi connectivity index (χ0) is 7.66. The maximum absolute atomic E-state index is 4.91. The molecule has 0 aromatic rings. The Hall–Kier alpha value is -0.640. The van der Waals surface area contributed by atoms with E-state index >= 15 is 0 Å². The van der Waals surface area contributed by atoms with Crippen molar-refractivity contribution in [3.05, 3.63) is 6.92 Å². The van der Waals surface area contributed by atoms with Gasteiger partial charge in [-0.2, -0.15) is 0 Å². The van der Waals surface area contributed by atoms with Gasteiger partial charge in [-0.05, 0) is 6.42 Å². The third kappa shape index (κ3) is 7.36. The Labute approximate surface area is 63.8 Å². The summed E-state index contributed by atoms with van der Waals surface area (Å²) in [6, 6.07) is 0. The van der Waals surface area contributed by atoms with Crippen LogP contribution in [0.15, 0.2) is 0 Å². The molecular formula is C9H15O. The molecule has 0 fully saturated rings. The molecule has 10 heavy (non-hydrogen) atoms. The number of ether oxygens (including phenoxy) is 1. The number of hydrogen-bond donors (Lipinski definition) is 0. The molecule has 0 aliphatic carbocycles. The predicted octanol–water partition coefficient (Wildman–Crippen LogP) is 2.38. The van der Waals surface area contributed by atoms with E-state index in [-0.39, 0.29) is 0 Å². The van der Waals surface area contributed by atoms with E-state index in [4.69, 9.17) is 4.74 Å². The van der Waals surface area contributed by atoms with E-state index in [9.17, 15) is 0 Å². The summed E-state index contributed by atoms with van der Waals surface area (Å²) in [5.41, 5.74) is 0. The van der Waals surface area contributed by atoms with Gasteiger partial charge in [0.1, 0.15) is 12.7 Å². The van der Waals surface area contributed by atoms with E-state index in [0.29, 0.717) is 0 Å². The first kappa shape index (κ1) is 9.36. The van der Waals surface area contributed by atoms with Crippen molar-refractivity contribution in [2.75, 3.05) is 6.61 Å². The lowest BCUT2D eigenvalue weighted by atomic mass is 10.2. The van der Waals surface area contributed by atoms with Crippen LogP contribution in [0.2, 0.25) is 0 Å². The van der Waals surface area contributed by atoms with Gasteiger partial charge in [0.05, 0.1) is 0 Å². The average molecular weight is 139 g/mol. The molecule has 0 aromatic heterocycles. The van der Waals surface area contributed by atoms with Gasteiger partial charge in [0.15, 0.2) is 0 Å². The molecule has 0 amide bonds. The van der Waals surface area contributed by atoms with E-state index < -0.39 is 0 Å². The highest BCUT2D eigenvalue weighted by Gasteiger charge is 1.85. The van der Waals surface area contributed by atoms with Gasteiger partial charge in [-0.25, -0.2) is 0 Å². The third-order valence-electron chi connectivity index (χ3n) is 1.24. The molecule has 0 aliphatic heterocycles. The van der Waals surface area contributed by atoms with Gasteiger partial charge in [-0.15, -0.1) is 0 Å². The summed E-state index contributed by atoms with van der Waals surface area (Å²) in [7, 11) is 0. The summed E-state index contributed by atoms with van der Waals surface area (Å²) < 4.78 is 4.91. The standard InChI is InChI=1S/C9H15O/c1-3-5-6-7-9-10-8-4-2/h2-3,5-7,9H2,1H3. The quantitative estimate of drug-likeness (QED) is 0.419. The van der Waals surface area contributed by atoms with Gasteiger partial charge in [0.2, 0.25) is 0 Å². The number of hydrogen-bond acceptors (Lipinski definition) is 1. The molecular weight excluding hydrogens is 124 g/mol. The highest BCUT2D eigenvalue weighted by atomic mass is 16.5. The van der Waals surface area contributed by atoms with Crippen molar-refractivity contribution in [2.24, 2.45) is 0 Å². The lowest BCUT2D eigenvalue weighted by Crippen LogP contribution is -1.87. The predicted molar refractivity (Wildman–Crippen MR) is 43.2 cm³/mol. The Balaban J connectivity index is 2.82. The van der Waals surface area contributed by atoms with Gasteiger partial charge in [-0.3, -0.25) is 0 Å². The summed E-state index contributed by atoms with van der Waals surface area (Å²) in [5, 5.41) is 0. The summed E-state index contributed by atoms with van der Waals surface area (Å²) >= 11 is 0. The molecule has 0 N–H and O–H groups in total. The lowest BCUT2D eigenvalue weighted by Gasteiger charge is -1.95. The third-order valence-corrected chi connectivity index (χ3v) is 1.24. The second kappa shape index (κ2) is 8.36. The SMILES string of the molecule is [CH2]C#COCCCCCC. The maximum Gasteiger partial charge on any atom is 0.110 e. The molecule has 1 nitrogen and oxygen atoms in total. The van der Waals surface area contributed by atoms with Gasteiger partial charge >= 0.3 is 0 Å². The second-order valence-electron chi connectivity index (χ2n) is 2.19. The van der Waals surface area contributed by atoms with E-state index in [2.05, 4.69) is 25.9 Å². The highest BCUT2D eigenvalue weighted by molar-refractivity contribution is 4.93. The molecule has 0 heterocycles. The monoisotopic (exact) mass is 139 g/mol. The van der Waals surface area contributed by atoms with Crippen LogP contribution in [0.1, 0.15) is 32.6 Å². The van der Waals surface area contributed by atoms with Gasteiger partial charge in [-0.1, -0.05) is 32.1 Å². The molecule has 0 saturated heterocycles. The van der Waals surface area contributed by atoms with E-state index in [1.54, 1.807) is 0 Å². The molecule has 0 unspecified atom stereocenters. The van der Waals surface area contributed by atoms with Crippen LogP contribution in [0.5, 0.6) is 0 Å². The van der Waals surface area contributed by atoms with Crippen molar-refractivity contribution in [2.45, 2.75) is 32.6 Å². The van der Waals surface area contributed by atoms with E-state index in [1.165, 1.54) is 19.3 Å². The fourth-order valence-electron chi connectivity index (χ4n) is 0.703. The van der Waals surface area contributed by atoms with Crippen molar-refractivity contribution in [1.82, 2.24) is 0 Å².